The number of benzene rings is 1. The average molecular weight is 209 g/mol. The monoisotopic (exact) mass is 209 g/mol. The third kappa shape index (κ3) is 2.12. The molecular weight excluding hydrogens is 193 g/mol. The second-order valence-electron chi connectivity index (χ2n) is 4.10. The largest absolute Gasteiger partial charge is 0.491 e. The summed E-state index contributed by atoms with van der Waals surface area (Å²) in [5.41, 5.74) is 1.79. The molecule has 0 amide bonds. The van der Waals surface area contributed by atoms with Crippen LogP contribution >= 0.6 is 0 Å². The van der Waals surface area contributed by atoms with E-state index >= 15 is 0 Å². The quantitative estimate of drug-likeness (QED) is 0.806. The van der Waals surface area contributed by atoms with Crippen molar-refractivity contribution in [1.82, 2.24) is 5.32 Å². The SMILES string of the molecule is CC(C)Oc1ccc(F)c2c1CCNC2. The van der Waals surface area contributed by atoms with Crippen molar-refractivity contribution in [3.05, 3.63) is 29.1 Å². The summed E-state index contributed by atoms with van der Waals surface area (Å²) in [4.78, 5) is 0. The number of ether oxygens (including phenoxy) is 1. The van der Waals surface area contributed by atoms with E-state index in [-0.39, 0.29) is 11.9 Å². The maximum absolute atomic E-state index is 13.5. The minimum Gasteiger partial charge on any atom is -0.491 e. The van der Waals surface area contributed by atoms with Crippen molar-refractivity contribution in [2.24, 2.45) is 0 Å². The number of halogens is 1. The molecule has 15 heavy (non-hydrogen) atoms. The van der Waals surface area contributed by atoms with Crippen molar-refractivity contribution in [2.45, 2.75) is 32.9 Å². The van der Waals surface area contributed by atoms with Crippen molar-refractivity contribution in [2.75, 3.05) is 6.54 Å². The van der Waals surface area contributed by atoms with Gasteiger partial charge < -0.3 is 10.1 Å². The highest BCUT2D eigenvalue weighted by Crippen LogP contribution is 2.28. The van der Waals surface area contributed by atoms with Crippen LogP contribution in [0.5, 0.6) is 5.75 Å². The first-order valence-corrected chi connectivity index (χ1v) is 5.36. The average Bonchev–Trinajstić information content (AvgIpc) is 2.22. The van der Waals surface area contributed by atoms with E-state index in [1.807, 2.05) is 13.8 Å². The number of fused-ring (bicyclic) bond motifs is 1. The summed E-state index contributed by atoms with van der Waals surface area (Å²) in [5.74, 6) is 0.705. The molecule has 0 unspecified atom stereocenters. The van der Waals surface area contributed by atoms with E-state index in [1.54, 1.807) is 6.07 Å². The summed E-state index contributed by atoms with van der Waals surface area (Å²) in [6.45, 7) is 5.47. The van der Waals surface area contributed by atoms with E-state index in [1.165, 1.54) is 6.07 Å². The number of hydrogen-bond donors (Lipinski definition) is 1. The van der Waals surface area contributed by atoms with Crippen LogP contribution in [0, 0.1) is 5.82 Å². The van der Waals surface area contributed by atoms with E-state index in [9.17, 15) is 4.39 Å². The van der Waals surface area contributed by atoms with E-state index in [2.05, 4.69) is 5.32 Å². The molecule has 2 rings (SSSR count). The fraction of sp³-hybridized carbons (Fsp3) is 0.500. The van der Waals surface area contributed by atoms with Crippen molar-refractivity contribution < 1.29 is 9.13 Å². The van der Waals surface area contributed by atoms with Crippen LogP contribution < -0.4 is 10.1 Å². The van der Waals surface area contributed by atoms with Crippen molar-refractivity contribution in [1.29, 1.82) is 0 Å². The zero-order chi connectivity index (χ0) is 10.8. The first kappa shape index (κ1) is 10.4. The molecular formula is C12H16FNO. The minimum atomic E-state index is -0.131. The first-order valence-electron chi connectivity index (χ1n) is 5.36. The molecule has 0 saturated carbocycles. The van der Waals surface area contributed by atoms with Gasteiger partial charge in [0.25, 0.3) is 0 Å². The lowest BCUT2D eigenvalue weighted by atomic mass is 9.99. The molecule has 0 bridgehead atoms. The Morgan fingerprint density at radius 3 is 2.87 bits per heavy atom. The number of rotatable bonds is 2. The second kappa shape index (κ2) is 4.19. The molecule has 0 radical (unpaired) electrons. The van der Waals surface area contributed by atoms with Gasteiger partial charge in [0.2, 0.25) is 0 Å². The summed E-state index contributed by atoms with van der Waals surface area (Å²) in [6.07, 6.45) is 0.976. The Labute approximate surface area is 89.4 Å². The van der Waals surface area contributed by atoms with Crippen molar-refractivity contribution in [3.63, 3.8) is 0 Å². The van der Waals surface area contributed by atoms with Crippen molar-refractivity contribution in [3.8, 4) is 5.75 Å². The van der Waals surface area contributed by atoms with Gasteiger partial charge in [-0.1, -0.05) is 0 Å². The topological polar surface area (TPSA) is 21.3 Å². The van der Waals surface area contributed by atoms with Crippen LogP contribution in [0.25, 0.3) is 0 Å². The molecule has 0 saturated heterocycles. The Morgan fingerprint density at radius 1 is 1.33 bits per heavy atom. The van der Waals surface area contributed by atoms with Gasteiger partial charge in [-0.3, -0.25) is 0 Å². The molecule has 1 aromatic carbocycles. The van der Waals surface area contributed by atoms with E-state index < -0.39 is 0 Å². The third-order valence-electron chi connectivity index (χ3n) is 2.55. The molecule has 0 aromatic heterocycles. The van der Waals surface area contributed by atoms with E-state index in [0.29, 0.717) is 6.54 Å². The zero-order valence-electron chi connectivity index (χ0n) is 9.14. The Balaban J connectivity index is 2.39. The van der Waals surface area contributed by atoms with Gasteiger partial charge in [0.1, 0.15) is 11.6 Å². The van der Waals surface area contributed by atoms with Gasteiger partial charge in [0.15, 0.2) is 0 Å². The molecule has 0 fully saturated rings. The highest BCUT2D eigenvalue weighted by Gasteiger charge is 2.18. The molecule has 0 atom stereocenters. The van der Waals surface area contributed by atoms with Crippen LogP contribution in [0.2, 0.25) is 0 Å². The smallest absolute Gasteiger partial charge is 0.128 e. The molecule has 1 aromatic rings. The Bertz CT molecular complexity index is 363. The summed E-state index contributed by atoms with van der Waals surface area (Å²) < 4.78 is 19.2. The predicted octanol–water partition coefficient (Wildman–Crippen LogP) is 2.26. The lowest BCUT2D eigenvalue weighted by Crippen LogP contribution is -2.25. The van der Waals surface area contributed by atoms with Crippen LogP contribution in [0.4, 0.5) is 4.39 Å². The lowest BCUT2D eigenvalue weighted by molar-refractivity contribution is 0.238. The second-order valence-corrected chi connectivity index (χ2v) is 4.10. The maximum Gasteiger partial charge on any atom is 0.128 e. The summed E-state index contributed by atoms with van der Waals surface area (Å²) in [7, 11) is 0. The van der Waals surface area contributed by atoms with Crippen LogP contribution in [-0.2, 0) is 13.0 Å². The van der Waals surface area contributed by atoms with Gasteiger partial charge in [0, 0.05) is 17.7 Å². The molecule has 82 valence electrons. The summed E-state index contributed by atoms with van der Waals surface area (Å²) >= 11 is 0. The van der Waals surface area contributed by atoms with E-state index in [0.717, 1.165) is 29.8 Å². The van der Waals surface area contributed by atoms with Crippen LogP contribution in [-0.4, -0.2) is 12.6 Å². The fourth-order valence-corrected chi connectivity index (χ4v) is 1.90. The number of nitrogens with one attached hydrogen (secondary N) is 1. The lowest BCUT2D eigenvalue weighted by Gasteiger charge is -2.22. The minimum absolute atomic E-state index is 0.131. The van der Waals surface area contributed by atoms with Crippen LogP contribution in [0.15, 0.2) is 12.1 Å². The normalized spacial score (nSPS) is 15.2. The van der Waals surface area contributed by atoms with Gasteiger partial charge in [-0.2, -0.15) is 0 Å². The number of hydrogen-bond acceptors (Lipinski definition) is 2. The predicted molar refractivity (Wildman–Crippen MR) is 57.6 cm³/mol. The molecule has 1 heterocycles. The summed E-state index contributed by atoms with van der Waals surface area (Å²) in [5, 5.41) is 3.17. The van der Waals surface area contributed by atoms with Crippen LogP contribution in [0.1, 0.15) is 25.0 Å². The van der Waals surface area contributed by atoms with Gasteiger partial charge in [-0.05, 0) is 38.9 Å². The molecule has 1 N–H and O–H groups in total. The maximum atomic E-state index is 13.5. The summed E-state index contributed by atoms with van der Waals surface area (Å²) in [6, 6.07) is 3.23. The molecule has 1 aliphatic heterocycles. The van der Waals surface area contributed by atoms with Gasteiger partial charge >= 0.3 is 0 Å². The molecule has 0 aliphatic carbocycles. The third-order valence-corrected chi connectivity index (χ3v) is 2.55. The highest BCUT2D eigenvalue weighted by atomic mass is 19.1. The zero-order valence-corrected chi connectivity index (χ0v) is 9.14. The van der Waals surface area contributed by atoms with Crippen LogP contribution in [0.3, 0.4) is 0 Å². The standard InChI is InChI=1S/C12H16FNO/c1-8(2)15-12-4-3-11(13)10-7-14-6-5-9(10)12/h3-4,8,14H,5-7H2,1-2H3. The molecule has 2 nitrogen and oxygen atoms in total. The van der Waals surface area contributed by atoms with Gasteiger partial charge in [0.05, 0.1) is 6.10 Å². The van der Waals surface area contributed by atoms with Gasteiger partial charge in [-0.15, -0.1) is 0 Å². The Hall–Kier alpha value is -1.09. The van der Waals surface area contributed by atoms with Crippen molar-refractivity contribution >= 4 is 0 Å². The van der Waals surface area contributed by atoms with Gasteiger partial charge in [-0.25, -0.2) is 4.39 Å². The molecule has 3 heteroatoms. The Kier molecular flexibility index (Phi) is 2.91. The highest BCUT2D eigenvalue weighted by molar-refractivity contribution is 5.42. The molecule has 0 spiro atoms. The Morgan fingerprint density at radius 2 is 2.13 bits per heavy atom. The molecule has 1 aliphatic rings. The first-order chi connectivity index (χ1) is 7.18. The fourth-order valence-electron chi connectivity index (χ4n) is 1.90. The van der Waals surface area contributed by atoms with E-state index in [4.69, 9.17) is 4.74 Å².